The van der Waals surface area contributed by atoms with Crippen molar-refractivity contribution in [3.05, 3.63) is 39.7 Å². The molecule has 0 radical (unpaired) electrons. The number of nitrogens with zero attached hydrogens (tertiary/aromatic N) is 1. The molecule has 0 spiro atoms. The number of nitro benzene ring substituents is 1. The lowest BCUT2D eigenvalue weighted by Gasteiger charge is -2.30. The summed E-state index contributed by atoms with van der Waals surface area (Å²) in [4.78, 5) is 22.2. The largest absolute Gasteiger partial charge is 0.481 e. The van der Waals surface area contributed by atoms with Crippen molar-refractivity contribution in [2.45, 2.75) is 37.9 Å². The first kappa shape index (κ1) is 13.9. The summed E-state index contributed by atoms with van der Waals surface area (Å²) in [5.74, 6) is -1.64. The number of fused-ring (bicyclic) bond motifs is 2. The number of carboxylic acid groups (broad SMARTS) is 1. The number of benzene rings is 1. The third kappa shape index (κ3) is 2.17. The van der Waals surface area contributed by atoms with E-state index in [1.54, 1.807) is 0 Å². The van der Waals surface area contributed by atoms with Gasteiger partial charge >= 0.3 is 5.97 Å². The average Bonchev–Trinajstić information content (AvgIpc) is 2.99. The Morgan fingerprint density at radius 2 is 2.29 bits per heavy atom. The first-order valence-electron chi connectivity index (χ1n) is 6.74. The van der Waals surface area contributed by atoms with Crippen molar-refractivity contribution < 1.29 is 24.0 Å². The number of carboxylic acids is 1. The van der Waals surface area contributed by atoms with E-state index < -0.39 is 28.2 Å². The lowest BCUT2D eigenvalue weighted by Crippen LogP contribution is -2.42. The molecule has 0 aliphatic carbocycles. The van der Waals surface area contributed by atoms with Gasteiger partial charge in [0, 0.05) is 11.6 Å². The minimum absolute atomic E-state index is 0.0857. The van der Waals surface area contributed by atoms with Gasteiger partial charge in [-0.25, -0.2) is 4.39 Å². The summed E-state index contributed by atoms with van der Waals surface area (Å²) in [6.45, 7) is 0. The van der Waals surface area contributed by atoms with E-state index in [2.05, 4.69) is 0 Å². The molecule has 0 aromatic heterocycles. The van der Waals surface area contributed by atoms with Crippen LogP contribution in [0, 0.1) is 21.3 Å². The zero-order valence-electron chi connectivity index (χ0n) is 11.1. The first-order chi connectivity index (χ1) is 9.92. The number of rotatable bonds is 4. The van der Waals surface area contributed by atoms with Gasteiger partial charge in [-0.2, -0.15) is 0 Å². The summed E-state index contributed by atoms with van der Waals surface area (Å²) in [5.41, 5.74) is -1.33. The van der Waals surface area contributed by atoms with E-state index in [0.29, 0.717) is 12.8 Å². The van der Waals surface area contributed by atoms with Crippen LogP contribution in [-0.2, 0) is 16.0 Å². The summed E-state index contributed by atoms with van der Waals surface area (Å²) in [6, 6.07) is 3.13. The number of hydrogen-bond acceptors (Lipinski definition) is 4. The van der Waals surface area contributed by atoms with Gasteiger partial charge in [-0.15, -0.1) is 0 Å². The van der Waals surface area contributed by atoms with Crippen LogP contribution in [0.1, 0.15) is 24.8 Å². The molecule has 2 saturated heterocycles. The Morgan fingerprint density at radius 3 is 2.81 bits per heavy atom. The molecule has 3 unspecified atom stereocenters. The molecular weight excluding hydrogens is 281 g/mol. The van der Waals surface area contributed by atoms with Crippen LogP contribution >= 0.6 is 0 Å². The van der Waals surface area contributed by atoms with Gasteiger partial charge in [0.2, 0.25) is 0 Å². The summed E-state index contributed by atoms with van der Waals surface area (Å²) in [7, 11) is 0. The van der Waals surface area contributed by atoms with Crippen LogP contribution < -0.4 is 0 Å². The molecule has 2 aliphatic rings. The number of carbonyl (C=O) groups is 1. The second kappa shape index (κ2) is 4.77. The lowest BCUT2D eigenvalue weighted by atomic mass is 9.70. The van der Waals surface area contributed by atoms with Gasteiger partial charge in [0.05, 0.1) is 17.1 Å². The molecule has 2 aliphatic heterocycles. The zero-order chi connectivity index (χ0) is 15.2. The maximum absolute atomic E-state index is 13.4. The second-order valence-electron chi connectivity index (χ2n) is 5.70. The maximum atomic E-state index is 13.4. The number of ether oxygens (including phenoxy) is 1. The molecule has 3 rings (SSSR count). The molecule has 21 heavy (non-hydrogen) atoms. The van der Waals surface area contributed by atoms with Crippen molar-refractivity contribution in [3.8, 4) is 0 Å². The predicted molar refractivity (Wildman–Crippen MR) is 69.3 cm³/mol. The van der Waals surface area contributed by atoms with Gasteiger partial charge in [0.1, 0.15) is 11.2 Å². The topological polar surface area (TPSA) is 89.7 Å². The summed E-state index contributed by atoms with van der Waals surface area (Å²) in [6.07, 6.45) is 1.10. The van der Waals surface area contributed by atoms with E-state index >= 15 is 0 Å². The number of nitro groups is 1. The summed E-state index contributed by atoms with van der Waals surface area (Å²) in [5, 5.41) is 20.6. The molecule has 0 saturated carbocycles. The van der Waals surface area contributed by atoms with Crippen molar-refractivity contribution in [1.29, 1.82) is 0 Å². The Balaban J connectivity index is 2.00. The van der Waals surface area contributed by atoms with E-state index in [1.807, 2.05) is 0 Å². The molecule has 2 bridgehead atoms. The molecule has 1 aromatic carbocycles. The van der Waals surface area contributed by atoms with Gasteiger partial charge in [-0.05, 0) is 37.8 Å². The SMILES string of the molecule is O=C(O)C1(Cc2cc(F)ccc2[N+](=O)[O-])CC2CCC1O2. The maximum Gasteiger partial charge on any atom is 0.312 e. The van der Waals surface area contributed by atoms with Crippen molar-refractivity contribution >= 4 is 11.7 Å². The van der Waals surface area contributed by atoms with E-state index in [1.165, 1.54) is 0 Å². The van der Waals surface area contributed by atoms with Gasteiger partial charge in [0.25, 0.3) is 5.69 Å². The molecule has 1 N–H and O–H groups in total. The Labute approximate surface area is 119 Å². The lowest BCUT2D eigenvalue weighted by molar-refractivity contribution is -0.385. The predicted octanol–water partition coefficient (Wildman–Crippen LogP) is 2.30. The monoisotopic (exact) mass is 295 g/mol. The van der Waals surface area contributed by atoms with Crippen molar-refractivity contribution in [1.82, 2.24) is 0 Å². The van der Waals surface area contributed by atoms with Gasteiger partial charge in [0.15, 0.2) is 0 Å². The quantitative estimate of drug-likeness (QED) is 0.680. The molecule has 1 aromatic rings. The Hall–Kier alpha value is -2.02. The molecule has 2 fully saturated rings. The van der Waals surface area contributed by atoms with Gasteiger partial charge in [-0.1, -0.05) is 0 Å². The van der Waals surface area contributed by atoms with Gasteiger partial charge in [-0.3, -0.25) is 14.9 Å². The minimum Gasteiger partial charge on any atom is -0.481 e. The highest BCUT2D eigenvalue weighted by molar-refractivity contribution is 5.77. The third-order valence-electron chi connectivity index (χ3n) is 4.49. The van der Waals surface area contributed by atoms with Crippen LogP contribution in [0.15, 0.2) is 18.2 Å². The third-order valence-corrected chi connectivity index (χ3v) is 4.49. The Kier molecular flexibility index (Phi) is 3.16. The fourth-order valence-electron chi connectivity index (χ4n) is 3.50. The first-order valence-corrected chi connectivity index (χ1v) is 6.74. The number of aliphatic carboxylic acids is 1. The van der Waals surface area contributed by atoms with Crippen molar-refractivity contribution in [3.63, 3.8) is 0 Å². The van der Waals surface area contributed by atoms with Crippen LogP contribution in [0.3, 0.4) is 0 Å². The highest BCUT2D eigenvalue weighted by Gasteiger charge is 2.57. The smallest absolute Gasteiger partial charge is 0.312 e. The summed E-state index contributed by atoms with van der Waals surface area (Å²) < 4.78 is 19.0. The standard InChI is InChI=1S/C14H14FNO5/c15-9-1-3-11(16(19)20)8(5-9)6-14(13(17)18)7-10-2-4-12(14)21-10/h1,3,5,10,12H,2,4,6-7H2,(H,17,18). The van der Waals surface area contributed by atoms with Crippen molar-refractivity contribution in [2.24, 2.45) is 5.41 Å². The molecule has 2 heterocycles. The normalized spacial score (nSPS) is 30.5. The fraction of sp³-hybridized carbons (Fsp3) is 0.500. The second-order valence-corrected chi connectivity index (χ2v) is 5.70. The molecule has 7 heteroatoms. The highest BCUT2D eigenvalue weighted by Crippen LogP contribution is 2.50. The Bertz CT molecular complexity index is 619. The summed E-state index contributed by atoms with van der Waals surface area (Å²) >= 11 is 0. The molecule has 6 nitrogen and oxygen atoms in total. The van der Waals surface area contributed by atoms with E-state index in [4.69, 9.17) is 4.74 Å². The van der Waals surface area contributed by atoms with Crippen LogP contribution in [0.25, 0.3) is 0 Å². The van der Waals surface area contributed by atoms with Crippen LogP contribution in [0.2, 0.25) is 0 Å². The number of hydrogen-bond donors (Lipinski definition) is 1. The van der Waals surface area contributed by atoms with Crippen LogP contribution in [0.5, 0.6) is 0 Å². The van der Waals surface area contributed by atoms with Crippen LogP contribution in [-0.4, -0.2) is 28.2 Å². The number of halogens is 1. The fourth-order valence-corrected chi connectivity index (χ4v) is 3.50. The molecule has 0 amide bonds. The Morgan fingerprint density at radius 1 is 1.52 bits per heavy atom. The molecular formula is C14H14FNO5. The molecule has 112 valence electrons. The highest BCUT2D eigenvalue weighted by atomic mass is 19.1. The van der Waals surface area contributed by atoms with Crippen molar-refractivity contribution in [2.75, 3.05) is 0 Å². The van der Waals surface area contributed by atoms with Gasteiger partial charge < -0.3 is 9.84 Å². The van der Waals surface area contributed by atoms with E-state index in [-0.39, 0.29) is 23.8 Å². The van der Waals surface area contributed by atoms with E-state index in [0.717, 1.165) is 24.6 Å². The minimum atomic E-state index is -1.19. The molecule has 3 atom stereocenters. The zero-order valence-corrected chi connectivity index (χ0v) is 11.1. The van der Waals surface area contributed by atoms with Crippen LogP contribution in [0.4, 0.5) is 10.1 Å². The average molecular weight is 295 g/mol. The van der Waals surface area contributed by atoms with E-state index in [9.17, 15) is 24.4 Å².